The maximum atomic E-state index is 12.3. The fourth-order valence-corrected chi connectivity index (χ4v) is 5.00. The van der Waals surface area contributed by atoms with Gasteiger partial charge in [0.25, 0.3) is 11.8 Å². The van der Waals surface area contributed by atoms with E-state index in [1.807, 2.05) is 48.5 Å². The smallest absolute Gasteiger partial charge is 0.344 e. The number of hydrogen-bond donors (Lipinski definition) is 2. The van der Waals surface area contributed by atoms with Gasteiger partial charge in [0.05, 0.1) is 5.56 Å². The number of carbonyl (C=O) groups is 3. The first kappa shape index (κ1) is 21.6. The molecule has 1 aliphatic rings. The van der Waals surface area contributed by atoms with Crippen molar-refractivity contribution in [1.82, 2.24) is 0 Å². The number of anilines is 1. The second-order valence-corrected chi connectivity index (χ2v) is 8.39. The van der Waals surface area contributed by atoms with E-state index >= 15 is 0 Å². The third-order valence-electron chi connectivity index (χ3n) is 5.10. The van der Waals surface area contributed by atoms with Gasteiger partial charge in [-0.2, -0.15) is 0 Å². The van der Waals surface area contributed by atoms with Crippen LogP contribution in [0.1, 0.15) is 27.2 Å². The molecule has 0 aliphatic heterocycles. The van der Waals surface area contributed by atoms with Crippen LogP contribution in [0.5, 0.6) is 5.75 Å². The van der Waals surface area contributed by atoms with Crippen LogP contribution in [-0.2, 0) is 27.2 Å². The number of primary amides is 1. The first-order valence-corrected chi connectivity index (χ1v) is 11.0. The van der Waals surface area contributed by atoms with E-state index in [9.17, 15) is 14.4 Å². The van der Waals surface area contributed by atoms with Crippen LogP contribution in [0.3, 0.4) is 0 Å². The Hall–Kier alpha value is -3.65. The highest BCUT2D eigenvalue weighted by Gasteiger charge is 2.26. The lowest BCUT2D eigenvalue weighted by atomic mass is 10.1. The van der Waals surface area contributed by atoms with Gasteiger partial charge in [-0.1, -0.05) is 48.5 Å². The van der Waals surface area contributed by atoms with Crippen LogP contribution in [0.25, 0.3) is 11.1 Å². The molecule has 3 N–H and O–H groups in total. The van der Waals surface area contributed by atoms with Crippen LogP contribution in [0.4, 0.5) is 5.00 Å². The van der Waals surface area contributed by atoms with Gasteiger partial charge in [0.15, 0.2) is 13.2 Å². The molecule has 0 atom stereocenters. The van der Waals surface area contributed by atoms with Gasteiger partial charge in [0.2, 0.25) is 0 Å². The summed E-state index contributed by atoms with van der Waals surface area (Å²) in [4.78, 5) is 37.3. The summed E-state index contributed by atoms with van der Waals surface area (Å²) < 4.78 is 10.7. The van der Waals surface area contributed by atoms with Gasteiger partial charge >= 0.3 is 5.97 Å². The minimum Gasteiger partial charge on any atom is -0.481 e. The third kappa shape index (κ3) is 4.81. The van der Waals surface area contributed by atoms with Crippen LogP contribution >= 0.6 is 11.3 Å². The lowest BCUT2D eigenvalue weighted by Crippen LogP contribution is -2.24. The number of carbonyl (C=O) groups excluding carboxylic acids is 3. The molecule has 2 aromatic carbocycles. The fourth-order valence-electron chi connectivity index (χ4n) is 3.69. The Kier molecular flexibility index (Phi) is 6.51. The van der Waals surface area contributed by atoms with Crippen LogP contribution in [-0.4, -0.2) is 31.0 Å². The van der Waals surface area contributed by atoms with Crippen LogP contribution in [0, 0.1) is 0 Å². The van der Waals surface area contributed by atoms with Gasteiger partial charge in [-0.3, -0.25) is 9.59 Å². The molecular weight excluding hydrogens is 428 g/mol. The number of benzene rings is 2. The van der Waals surface area contributed by atoms with Crippen LogP contribution in [0.15, 0.2) is 54.6 Å². The highest BCUT2D eigenvalue weighted by Crippen LogP contribution is 2.38. The standard InChI is InChI=1S/C24H22N2O5S/c25-23(29)22-17-10-6-12-19(17)32-24(22)26-20(27)13-31-21(28)14-30-18-11-5-4-9-16(18)15-7-2-1-3-8-15/h1-5,7-9,11H,6,10,12-14H2,(H2,25,29)(H,26,27). The molecule has 0 bridgehead atoms. The maximum absolute atomic E-state index is 12.3. The number of nitrogens with two attached hydrogens (primary N) is 1. The predicted molar refractivity (Wildman–Crippen MR) is 122 cm³/mol. The Labute approximate surface area is 189 Å². The minimum absolute atomic E-state index is 0.336. The number of thiophene rings is 1. The molecule has 0 unspecified atom stereocenters. The van der Waals surface area contributed by atoms with Crippen molar-refractivity contribution in [3.63, 3.8) is 0 Å². The van der Waals surface area contributed by atoms with Crippen molar-refractivity contribution >= 4 is 34.1 Å². The van der Waals surface area contributed by atoms with Gasteiger partial charge in [0.1, 0.15) is 10.8 Å². The molecular formula is C24H22N2O5S. The van der Waals surface area contributed by atoms with E-state index in [-0.39, 0.29) is 6.61 Å². The van der Waals surface area contributed by atoms with E-state index in [1.165, 1.54) is 11.3 Å². The lowest BCUT2D eigenvalue weighted by molar-refractivity contribution is -0.149. The van der Waals surface area contributed by atoms with Crippen LogP contribution in [0.2, 0.25) is 0 Å². The number of para-hydroxylation sites is 1. The van der Waals surface area contributed by atoms with E-state index in [1.54, 1.807) is 6.07 Å². The summed E-state index contributed by atoms with van der Waals surface area (Å²) in [6.45, 7) is -0.819. The monoisotopic (exact) mass is 450 g/mol. The molecule has 8 heteroatoms. The number of fused-ring (bicyclic) bond motifs is 1. The largest absolute Gasteiger partial charge is 0.481 e. The van der Waals surface area contributed by atoms with E-state index in [0.29, 0.717) is 16.3 Å². The van der Waals surface area contributed by atoms with Crippen molar-refractivity contribution in [2.75, 3.05) is 18.5 Å². The summed E-state index contributed by atoms with van der Waals surface area (Å²) >= 11 is 1.35. The van der Waals surface area contributed by atoms with Gasteiger partial charge in [-0.05, 0) is 36.5 Å². The maximum Gasteiger partial charge on any atom is 0.344 e. The summed E-state index contributed by atoms with van der Waals surface area (Å²) in [7, 11) is 0. The number of amides is 2. The average Bonchev–Trinajstić information content (AvgIpc) is 3.37. The van der Waals surface area contributed by atoms with Crippen molar-refractivity contribution in [1.29, 1.82) is 0 Å². The van der Waals surface area contributed by atoms with Crippen LogP contribution < -0.4 is 15.8 Å². The Morgan fingerprint density at radius 2 is 1.72 bits per heavy atom. The quantitative estimate of drug-likeness (QED) is 0.510. The Morgan fingerprint density at radius 3 is 2.50 bits per heavy atom. The number of hydrogen-bond acceptors (Lipinski definition) is 6. The molecule has 2 amide bonds. The highest BCUT2D eigenvalue weighted by molar-refractivity contribution is 7.17. The SMILES string of the molecule is NC(=O)c1c(NC(=O)COC(=O)COc2ccccc2-c2ccccc2)sc2c1CCC2. The lowest BCUT2D eigenvalue weighted by Gasteiger charge is -2.11. The molecule has 0 fully saturated rings. The third-order valence-corrected chi connectivity index (χ3v) is 6.31. The van der Waals surface area contributed by atoms with Gasteiger partial charge in [-0.25, -0.2) is 4.79 Å². The second-order valence-electron chi connectivity index (χ2n) is 7.29. The normalized spacial score (nSPS) is 12.1. The van der Waals surface area contributed by atoms with E-state index in [0.717, 1.165) is 40.8 Å². The topological polar surface area (TPSA) is 108 Å². The molecule has 32 heavy (non-hydrogen) atoms. The Bertz CT molecular complexity index is 1160. The molecule has 0 spiro atoms. The molecule has 4 rings (SSSR count). The zero-order valence-corrected chi connectivity index (χ0v) is 18.1. The number of aryl methyl sites for hydroxylation is 1. The van der Waals surface area contributed by atoms with Crippen molar-refractivity contribution in [3.8, 4) is 16.9 Å². The molecule has 3 aromatic rings. The minimum atomic E-state index is -0.674. The van der Waals surface area contributed by atoms with Crippen molar-refractivity contribution in [2.24, 2.45) is 5.73 Å². The summed E-state index contributed by atoms with van der Waals surface area (Å²) in [5, 5.41) is 3.06. The van der Waals surface area contributed by atoms with Gasteiger partial charge in [0, 0.05) is 10.4 Å². The number of nitrogens with one attached hydrogen (secondary N) is 1. The second kappa shape index (κ2) is 9.65. The van der Waals surface area contributed by atoms with Crippen molar-refractivity contribution < 1.29 is 23.9 Å². The summed E-state index contributed by atoms with van der Waals surface area (Å²) in [6, 6.07) is 17.0. The number of rotatable bonds is 8. The first-order chi connectivity index (χ1) is 15.5. The van der Waals surface area contributed by atoms with Crippen molar-refractivity contribution in [3.05, 3.63) is 70.6 Å². The average molecular weight is 451 g/mol. The Morgan fingerprint density at radius 1 is 0.969 bits per heavy atom. The summed E-state index contributed by atoms with van der Waals surface area (Å²) in [6.07, 6.45) is 2.62. The van der Waals surface area contributed by atoms with E-state index < -0.39 is 24.4 Å². The molecule has 1 heterocycles. The van der Waals surface area contributed by atoms with E-state index in [4.69, 9.17) is 15.2 Å². The highest BCUT2D eigenvalue weighted by atomic mass is 32.1. The molecule has 0 radical (unpaired) electrons. The molecule has 0 saturated carbocycles. The van der Waals surface area contributed by atoms with Gasteiger partial charge in [-0.15, -0.1) is 11.3 Å². The molecule has 0 saturated heterocycles. The van der Waals surface area contributed by atoms with E-state index in [2.05, 4.69) is 5.32 Å². The molecule has 164 valence electrons. The molecule has 1 aliphatic carbocycles. The molecule has 1 aromatic heterocycles. The zero-order valence-electron chi connectivity index (χ0n) is 17.3. The first-order valence-electron chi connectivity index (χ1n) is 10.2. The Balaban J connectivity index is 1.31. The zero-order chi connectivity index (χ0) is 22.5. The summed E-state index contributed by atoms with van der Waals surface area (Å²) in [5.74, 6) is -1.24. The number of ether oxygens (including phenoxy) is 2. The fraction of sp³-hybridized carbons (Fsp3) is 0.208. The van der Waals surface area contributed by atoms with Gasteiger partial charge < -0.3 is 20.5 Å². The number of esters is 1. The van der Waals surface area contributed by atoms with Crippen molar-refractivity contribution in [2.45, 2.75) is 19.3 Å². The molecule has 7 nitrogen and oxygen atoms in total. The predicted octanol–water partition coefficient (Wildman–Crippen LogP) is 3.56. The summed E-state index contributed by atoms with van der Waals surface area (Å²) in [5.41, 5.74) is 8.59.